The highest BCUT2D eigenvalue weighted by Crippen LogP contribution is 2.51. The molecule has 0 spiro atoms. The number of H-pyrrole nitrogens is 1. The topological polar surface area (TPSA) is 96.7 Å². The zero-order valence-electron chi connectivity index (χ0n) is 9.58. The summed E-state index contributed by atoms with van der Waals surface area (Å²) < 4.78 is 0. The Morgan fingerprint density at radius 3 is 2.75 bits per heavy atom. The van der Waals surface area contributed by atoms with Crippen molar-refractivity contribution in [3.05, 3.63) is 5.82 Å². The van der Waals surface area contributed by atoms with Crippen LogP contribution in [0.15, 0.2) is 0 Å². The van der Waals surface area contributed by atoms with Gasteiger partial charge in [0.05, 0.1) is 0 Å². The maximum Gasteiger partial charge on any atom is 0.288 e. The lowest BCUT2D eigenvalue weighted by Gasteiger charge is -2.19. The van der Waals surface area contributed by atoms with Crippen molar-refractivity contribution in [3.8, 4) is 0 Å². The standard InChI is InChI=1S/C10H17N5O/c1-6(2)10(3-4-10)5-12-8(16)7-13-9(11)15-14-7/h6H,3-5H2,1-2H3,(H,12,16)(H3,11,13,14,15). The van der Waals surface area contributed by atoms with Crippen LogP contribution in [0.3, 0.4) is 0 Å². The summed E-state index contributed by atoms with van der Waals surface area (Å²) in [4.78, 5) is 15.4. The van der Waals surface area contributed by atoms with Crippen molar-refractivity contribution in [1.29, 1.82) is 0 Å². The van der Waals surface area contributed by atoms with Gasteiger partial charge in [-0.2, -0.15) is 4.98 Å². The molecule has 6 heteroatoms. The molecule has 1 aliphatic rings. The highest BCUT2D eigenvalue weighted by Gasteiger charge is 2.45. The van der Waals surface area contributed by atoms with Crippen molar-refractivity contribution >= 4 is 11.9 Å². The number of rotatable bonds is 4. The second kappa shape index (κ2) is 3.77. The monoisotopic (exact) mass is 223 g/mol. The largest absolute Gasteiger partial charge is 0.366 e. The molecule has 6 nitrogen and oxygen atoms in total. The molecule has 0 aromatic carbocycles. The van der Waals surface area contributed by atoms with Gasteiger partial charge < -0.3 is 11.1 Å². The van der Waals surface area contributed by atoms with Crippen molar-refractivity contribution in [2.45, 2.75) is 26.7 Å². The molecule has 16 heavy (non-hydrogen) atoms. The second-order valence-corrected chi connectivity index (χ2v) is 4.74. The molecule has 1 fully saturated rings. The predicted octanol–water partition coefficient (Wildman–Crippen LogP) is 0.553. The van der Waals surface area contributed by atoms with E-state index in [0.29, 0.717) is 17.9 Å². The molecule has 1 heterocycles. The quantitative estimate of drug-likeness (QED) is 0.694. The number of carbonyl (C=O) groups is 1. The minimum absolute atomic E-state index is 0.0927. The van der Waals surface area contributed by atoms with Crippen LogP contribution in [0.4, 0.5) is 5.95 Å². The third-order valence-corrected chi connectivity index (χ3v) is 3.44. The molecule has 0 bridgehead atoms. The van der Waals surface area contributed by atoms with Crippen molar-refractivity contribution in [2.24, 2.45) is 11.3 Å². The summed E-state index contributed by atoms with van der Waals surface area (Å²) in [6.07, 6.45) is 2.37. The highest BCUT2D eigenvalue weighted by atomic mass is 16.2. The van der Waals surface area contributed by atoms with E-state index in [9.17, 15) is 4.79 Å². The SMILES string of the molecule is CC(C)C1(CNC(=O)c2nc(N)n[nH]2)CC1. The van der Waals surface area contributed by atoms with Gasteiger partial charge in [0.1, 0.15) is 0 Å². The predicted molar refractivity (Wildman–Crippen MR) is 59.6 cm³/mol. The molecule has 1 aliphatic carbocycles. The van der Waals surface area contributed by atoms with Crippen LogP contribution < -0.4 is 11.1 Å². The van der Waals surface area contributed by atoms with Gasteiger partial charge in [-0.25, -0.2) is 0 Å². The van der Waals surface area contributed by atoms with E-state index in [4.69, 9.17) is 5.73 Å². The third-order valence-electron chi connectivity index (χ3n) is 3.44. The van der Waals surface area contributed by atoms with Crippen molar-refractivity contribution in [1.82, 2.24) is 20.5 Å². The molecule has 0 saturated heterocycles. The minimum atomic E-state index is -0.240. The number of nitrogens with two attached hydrogens (primary N) is 1. The molecule has 1 amide bonds. The van der Waals surface area contributed by atoms with Crippen LogP contribution in [-0.2, 0) is 0 Å². The van der Waals surface area contributed by atoms with Gasteiger partial charge in [-0.05, 0) is 24.2 Å². The average Bonchev–Trinajstić information content (AvgIpc) is 2.92. The van der Waals surface area contributed by atoms with E-state index >= 15 is 0 Å². The first-order chi connectivity index (χ1) is 7.53. The van der Waals surface area contributed by atoms with E-state index in [0.717, 1.165) is 0 Å². The summed E-state index contributed by atoms with van der Waals surface area (Å²) in [5.41, 5.74) is 5.62. The van der Waals surface area contributed by atoms with Crippen LogP contribution in [0.1, 0.15) is 37.3 Å². The van der Waals surface area contributed by atoms with E-state index in [-0.39, 0.29) is 17.7 Å². The fourth-order valence-corrected chi connectivity index (χ4v) is 1.84. The molecular weight excluding hydrogens is 206 g/mol. The molecule has 0 atom stereocenters. The molecule has 0 aliphatic heterocycles. The summed E-state index contributed by atoms with van der Waals surface area (Å²) in [5.74, 6) is 0.621. The Morgan fingerprint density at radius 2 is 2.31 bits per heavy atom. The van der Waals surface area contributed by atoms with Crippen LogP contribution in [0.2, 0.25) is 0 Å². The first-order valence-electron chi connectivity index (χ1n) is 5.49. The van der Waals surface area contributed by atoms with E-state index in [2.05, 4.69) is 34.3 Å². The molecule has 0 unspecified atom stereocenters. The number of hydrogen-bond acceptors (Lipinski definition) is 4. The number of nitrogens with one attached hydrogen (secondary N) is 2. The molecule has 1 saturated carbocycles. The van der Waals surface area contributed by atoms with Crippen molar-refractivity contribution in [2.75, 3.05) is 12.3 Å². The molecule has 1 aromatic rings. The number of anilines is 1. The van der Waals surface area contributed by atoms with Crippen molar-refractivity contribution in [3.63, 3.8) is 0 Å². The van der Waals surface area contributed by atoms with E-state index in [1.165, 1.54) is 12.8 Å². The molecule has 2 rings (SSSR count). The number of aromatic amines is 1. The highest BCUT2D eigenvalue weighted by molar-refractivity contribution is 5.90. The number of nitrogen functional groups attached to an aromatic ring is 1. The number of nitrogens with zero attached hydrogens (tertiary/aromatic N) is 2. The Morgan fingerprint density at radius 1 is 1.62 bits per heavy atom. The Kier molecular flexibility index (Phi) is 2.57. The van der Waals surface area contributed by atoms with Crippen LogP contribution in [0.25, 0.3) is 0 Å². The lowest BCUT2D eigenvalue weighted by molar-refractivity contribution is 0.0930. The van der Waals surface area contributed by atoms with Crippen LogP contribution in [-0.4, -0.2) is 27.6 Å². The molecule has 0 radical (unpaired) electrons. The van der Waals surface area contributed by atoms with E-state index in [1.807, 2.05) is 0 Å². The van der Waals surface area contributed by atoms with Gasteiger partial charge in [-0.15, -0.1) is 5.10 Å². The summed E-state index contributed by atoms with van der Waals surface area (Å²) in [6.45, 7) is 5.07. The first-order valence-corrected chi connectivity index (χ1v) is 5.49. The van der Waals surface area contributed by atoms with Crippen LogP contribution >= 0.6 is 0 Å². The zero-order chi connectivity index (χ0) is 11.8. The maximum atomic E-state index is 11.7. The zero-order valence-corrected chi connectivity index (χ0v) is 9.58. The smallest absolute Gasteiger partial charge is 0.288 e. The van der Waals surface area contributed by atoms with E-state index in [1.54, 1.807) is 0 Å². The fraction of sp³-hybridized carbons (Fsp3) is 0.700. The maximum absolute atomic E-state index is 11.7. The number of hydrogen-bond donors (Lipinski definition) is 3. The van der Waals surface area contributed by atoms with Gasteiger partial charge in [0.2, 0.25) is 11.8 Å². The normalized spacial score (nSPS) is 17.4. The molecular formula is C10H17N5O. The Balaban J connectivity index is 1.89. The first kappa shape index (κ1) is 10.9. The Bertz CT molecular complexity index is 394. The molecule has 1 aromatic heterocycles. The molecule has 88 valence electrons. The number of aromatic nitrogens is 3. The minimum Gasteiger partial charge on any atom is -0.366 e. The van der Waals surface area contributed by atoms with Gasteiger partial charge in [0.25, 0.3) is 5.91 Å². The van der Waals surface area contributed by atoms with Crippen molar-refractivity contribution < 1.29 is 4.79 Å². The Hall–Kier alpha value is -1.59. The summed E-state index contributed by atoms with van der Waals surface area (Å²) in [6, 6.07) is 0. The van der Waals surface area contributed by atoms with Crippen LogP contribution in [0.5, 0.6) is 0 Å². The summed E-state index contributed by atoms with van der Waals surface area (Å²) >= 11 is 0. The average molecular weight is 223 g/mol. The lowest BCUT2D eigenvalue weighted by atomic mass is 9.92. The lowest BCUT2D eigenvalue weighted by Crippen LogP contribution is -2.33. The third kappa shape index (κ3) is 2.00. The fourth-order valence-electron chi connectivity index (χ4n) is 1.84. The van der Waals surface area contributed by atoms with Gasteiger partial charge in [0, 0.05) is 6.54 Å². The number of carbonyl (C=O) groups excluding carboxylic acids is 1. The van der Waals surface area contributed by atoms with Gasteiger partial charge in [-0.1, -0.05) is 13.8 Å². The summed E-state index contributed by atoms with van der Waals surface area (Å²) in [7, 11) is 0. The van der Waals surface area contributed by atoms with E-state index < -0.39 is 0 Å². The van der Waals surface area contributed by atoms with Gasteiger partial charge in [-0.3, -0.25) is 9.89 Å². The summed E-state index contributed by atoms with van der Waals surface area (Å²) in [5, 5.41) is 8.97. The van der Waals surface area contributed by atoms with Gasteiger partial charge >= 0.3 is 0 Å². The molecule has 4 N–H and O–H groups in total. The Labute approximate surface area is 94.0 Å². The van der Waals surface area contributed by atoms with Crippen LogP contribution in [0, 0.1) is 11.3 Å². The van der Waals surface area contributed by atoms with Gasteiger partial charge in [0.15, 0.2) is 0 Å². The second-order valence-electron chi connectivity index (χ2n) is 4.74. The number of amides is 1.